The van der Waals surface area contributed by atoms with Crippen LogP contribution in [-0.2, 0) is 14.3 Å². The molecule has 1 aliphatic heterocycles. The van der Waals surface area contributed by atoms with E-state index in [9.17, 15) is 19.1 Å². The lowest BCUT2D eigenvalue weighted by atomic mass is 9.90. The molecule has 1 saturated heterocycles. The molecule has 2 aromatic rings. The van der Waals surface area contributed by atoms with Crippen molar-refractivity contribution in [2.75, 3.05) is 6.54 Å². The lowest BCUT2D eigenvalue weighted by Gasteiger charge is -2.45. The van der Waals surface area contributed by atoms with Gasteiger partial charge in [0, 0.05) is 22.2 Å². The van der Waals surface area contributed by atoms with Gasteiger partial charge in [0.1, 0.15) is 18.0 Å². The second-order valence-electron chi connectivity index (χ2n) is 7.74. The molecule has 2 aliphatic rings. The van der Waals surface area contributed by atoms with Gasteiger partial charge in [-0.3, -0.25) is 9.59 Å². The molecular formula is C22H20Cl2FNO4. The second kappa shape index (κ2) is 8.53. The first kappa shape index (κ1) is 21.1. The fourth-order valence-corrected chi connectivity index (χ4v) is 4.25. The Morgan fingerprint density at radius 3 is 2.53 bits per heavy atom. The maximum Gasteiger partial charge on any atom is 0.306 e. The number of ether oxygens (including phenoxy) is 1. The van der Waals surface area contributed by atoms with Gasteiger partial charge in [-0.05, 0) is 48.6 Å². The molecule has 0 aromatic heterocycles. The van der Waals surface area contributed by atoms with Gasteiger partial charge in [-0.15, -0.1) is 0 Å². The average molecular weight is 452 g/mol. The van der Waals surface area contributed by atoms with Gasteiger partial charge in [0.05, 0.1) is 12.5 Å². The molecule has 4 rings (SSSR count). The molecule has 2 fully saturated rings. The highest BCUT2D eigenvalue weighted by molar-refractivity contribution is 6.30. The lowest BCUT2D eigenvalue weighted by Crippen LogP contribution is -2.52. The van der Waals surface area contributed by atoms with Crippen LogP contribution in [0.1, 0.15) is 42.5 Å². The topological polar surface area (TPSA) is 66.8 Å². The zero-order valence-corrected chi connectivity index (χ0v) is 17.4. The molecule has 30 heavy (non-hydrogen) atoms. The molecule has 1 saturated carbocycles. The van der Waals surface area contributed by atoms with Crippen LogP contribution in [0.15, 0.2) is 42.5 Å². The van der Waals surface area contributed by atoms with Gasteiger partial charge in [-0.1, -0.05) is 41.4 Å². The Kier molecular flexibility index (Phi) is 6.00. The Labute approximate surface area is 183 Å². The van der Waals surface area contributed by atoms with Crippen LogP contribution in [0.4, 0.5) is 4.39 Å². The van der Waals surface area contributed by atoms with Gasteiger partial charge in [-0.2, -0.15) is 0 Å². The Morgan fingerprint density at radius 1 is 1.17 bits per heavy atom. The summed E-state index contributed by atoms with van der Waals surface area (Å²) in [6, 6.07) is 10.5. The van der Waals surface area contributed by atoms with E-state index in [1.807, 2.05) is 0 Å². The number of nitrogens with zero attached hydrogens (tertiary/aromatic N) is 1. The van der Waals surface area contributed by atoms with Crippen LogP contribution < -0.4 is 0 Å². The fourth-order valence-electron chi connectivity index (χ4n) is 3.89. The number of carboxylic acids is 1. The van der Waals surface area contributed by atoms with Crippen molar-refractivity contribution in [2.24, 2.45) is 5.92 Å². The highest BCUT2D eigenvalue weighted by Gasteiger charge is 2.47. The molecule has 2 aromatic carbocycles. The Hall–Kier alpha value is -2.15. The van der Waals surface area contributed by atoms with Crippen molar-refractivity contribution in [1.29, 1.82) is 0 Å². The van der Waals surface area contributed by atoms with Crippen molar-refractivity contribution in [3.8, 4) is 0 Å². The summed E-state index contributed by atoms with van der Waals surface area (Å²) in [4.78, 5) is 26.1. The summed E-state index contributed by atoms with van der Waals surface area (Å²) in [5, 5.41) is 9.99. The molecule has 5 nitrogen and oxygen atoms in total. The summed E-state index contributed by atoms with van der Waals surface area (Å²) in [7, 11) is 0. The molecular weight excluding hydrogens is 432 g/mol. The molecule has 1 heterocycles. The van der Waals surface area contributed by atoms with E-state index in [4.69, 9.17) is 27.9 Å². The third-order valence-corrected chi connectivity index (χ3v) is 5.93. The normalized spacial score (nSPS) is 24.2. The largest absolute Gasteiger partial charge is 0.481 e. The van der Waals surface area contributed by atoms with Crippen LogP contribution in [0, 0.1) is 11.7 Å². The number of rotatable bonds is 6. The standard InChI is InChI=1S/C22H20Cl2FNO4/c23-14-3-1-2-13(8-14)21-20(16-7-6-15(24)9-17(16)25)26(11-12-4-5-12)22(29)18(30-21)10-19(27)28/h1-3,6-9,12,18,20-21H,4-5,10-11H2,(H,27,28)/t18-,20+,21+/m0/s1. The summed E-state index contributed by atoms with van der Waals surface area (Å²) >= 11 is 12.1. The van der Waals surface area contributed by atoms with Crippen LogP contribution in [0.3, 0.4) is 0 Å². The number of carbonyl (C=O) groups is 2. The summed E-state index contributed by atoms with van der Waals surface area (Å²) in [5.41, 5.74) is 0.915. The Balaban J connectivity index is 1.82. The molecule has 1 aliphatic carbocycles. The van der Waals surface area contributed by atoms with E-state index in [2.05, 4.69) is 0 Å². The van der Waals surface area contributed by atoms with Gasteiger partial charge in [0.15, 0.2) is 0 Å². The Bertz CT molecular complexity index is 981. The van der Waals surface area contributed by atoms with E-state index in [1.54, 1.807) is 41.3 Å². The van der Waals surface area contributed by atoms with E-state index in [0.29, 0.717) is 23.0 Å². The number of halogens is 3. The quantitative estimate of drug-likeness (QED) is 0.668. The maximum absolute atomic E-state index is 15.0. The van der Waals surface area contributed by atoms with Crippen molar-refractivity contribution < 1.29 is 23.8 Å². The maximum atomic E-state index is 15.0. The molecule has 0 unspecified atom stereocenters. The third kappa shape index (κ3) is 4.46. The van der Waals surface area contributed by atoms with Gasteiger partial charge in [0.2, 0.25) is 0 Å². The first-order valence-corrected chi connectivity index (χ1v) is 10.5. The molecule has 1 N–H and O–H groups in total. The summed E-state index contributed by atoms with van der Waals surface area (Å²) < 4.78 is 21.0. The van der Waals surface area contributed by atoms with Crippen molar-refractivity contribution in [3.63, 3.8) is 0 Å². The highest BCUT2D eigenvalue weighted by Crippen LogP contribution is 2.45. The predicted octanol–water partition coefficient (Wildman–Crippen LogP) is 5.03. The minimum Gasteiger partial charge on any atom is -0.481 e. The number of carbonyl (C=O) groups excluding carboxylic acids is 1. The number of aliphatic carboxylic acids is 1. The Morgan fingerprint density at radius 2 is 1.90 bits per heavy atom. The number of carboxylic acid groups (broad SMARTS) is 1. The molecule has 8 heteroatoms. The average Bonchev–Trinajstić information content (AvgIpc) is 3.49. The summed E-state index contributed by atoms with van der Waals surface area (Å²) in [6.07, 6.45) is -0.443. The van der Waals surface area contributed by atoms with E-state index < -0.39 is 42.4 Å². The summed E-state index contributed by atoms with van der Waals surface area (Å²) in [6.45, 7) is 0.419. The van der Waals surface area contributed by atoms with Gasteiger partial charge in [-0.25, -0.2) is 4.39 Å². The minimum absolute atomic E-state index is 0.246. The SMILES string of the molecule is O=C(O)C[C@@H]1O[C@H](c2cccc(Cl)c2)[C@@H](c2ccc(Cl)cc2F)N(CC2CC2)C1=O. The molecule has 158 valence electrons. The second-order valence-corrected chi connectivity index (χ2v) is 8.62. The molecule has 0 radical (unpaired) electrons. The number of amides is 1. The third-order valence-electron chi connectivity index (χ3n) is 5.46. The number of benzene rings is 2. The van der Waals surface area contributed by atoms with E-state index in [0.717, 1.165) is 12.8 Å². The van der Waals surface area contributed by atoms with Crippen molar-refractivity contribution in [1.82, 2.24) is 4.90 Å². The minimum atomic E-state index is -1.16. The van der Waals surface area contributed by atoms with Gasteiger partial charge < -0.3 is 14.7 Å². The fraction of sp³-hybridized carbons (Fsp3) is 0.364. The van der Waals surface area contributed by atoms with Gasteiger partial charge in [0.25, 0.3) is 5.91 Å². The zero-order chi connectivity index (χ0) is 21.4. The molecule has 3 atom stereocenters. The van der Waals surface area contributed by atoms with Crippen LogP contribution in [0.2, 0.25) is 10.0 Å². The monoisotopic (exact) mass is 451 g/mol. The molecule has 0 bridgehead atoms. The smallest absolute Gasteiger partial charge is 0.306 e. The van der Waals surface area contributed by atoms with Crippen molar-refractivity contribution in [3.05, 3.63) is 69.5 Å². The summed E-state index contributed by atoms with van der Waals surface area (Å²) in [5.74, 6) is -1.81. The predicted molar refractivity (Wildman–Crippen MR) is 110 cm³/mol. The first-order valence-electron chi connectivity index (χ1n) is 9.71. The zero-order valence-electron chi connectivity index (χ0n) is 15.9. The number of hydrogen-bond donors (Lipinski definition) is 1. The van der Waals surface area contributed by atoms with Crippen LogP contribution in [-0.4, -0.2) is 34.5 Å². The van der Waals surface area contributed by atoms with Crippen LogP contribution >= 0.6 is 23.2 Å². The van der Waals surface area contributed by atoms with E-state index in [-0.39, 0.29) is 10.6 Å². The highest BCUT2D eigenvalue weighted by atomic mass is 35.5. The van der Waals surface area contributed by atoms with Gasteiger partial charge >= 0.3 is 5.97 Å². The van der Waals surface area contributed by atoms with E-state index in [1.165, 1.54) is 6.07 Å². The lowest BCUT2D eigenvalue weighted by molar-refractivity contribution is -0.179. The van der Waals surface area contributed by atoms with Crippen LogP contribution in [0.5, 0.6) is 0 Å². The van der Waals surface area contributed by atoms with Crippen molar-refractivity contribution >= 4 is 35.1 Å². The number of hydrogen-bond acceptors (Lipinski definition) is 3. The molecule has 1 amide bonds. The first-order chi connectivity index (χ1) is 14.3. The van der Waals surface area contributed by atoms with Crippen molar-refractivity contribution in [2.45, 2.75) is 37.5 Å². The van der Waals surface area contributed by atoms with E-state index >= 15 is 0 Å². The van der Waals surface area contributed by atoms with Crippen LogP contribution in [0.25, 0.3) is 0 Å². The molecule has 0 spiro atoms. The number of morpholine rings is 1.